The van der Waals surface area contributed by atoms with Crippen molar-refractivity contribution < 1.29 is 4.79 Å². The summed E-state index contributed by atoms with van der Waals surface area (Å²) in [6.07, 6.45) is 5.88. The SMILES string of the molecule is CC(=O)N1C2CCCCCN[C@@]2(C)C[C@H]1c1ccccc1. The summed E-state index contributed by atoms with van der Waals surface area (Å²) in [5.41, 5.74) is 1.31. The standard InChI is InChI=1S/C18H26N2O/c1-14(21)20-16(15-9-5-3-6-10-15)13-18(2)17(20)11-7-4-8-12-19-18/h3,5-6,9-10,16-17,19H,4,7-8,11-13H2,1-2H3/t16-,17?,18-/m0/s1. The predicted molar refractivity (Wildman–Crippen MR) is 85.0 cm³/mol. The fourth-order valence-electron chi connectivity index (χ4n) is 4.21. The zero-order valence-corrected chi connectivity index (χ0v) is 13.1. The molecule has 3 atom stereocenters. The summed E-state index contributed by atoms with van der Waals surface area (Å²) in [5, 5.41) is 3.75. The molecule has 1 aromatic rings. The largest absolute Gasteiger partial charge is 0.331 e. The number of amides is 1. The number of nitrogens with one attached hydrogen (secondary N) is 1. The quantitative estimate of drug-likeness (QED) is 0.859. The summed E-state index contributed by atoms with van der Waals surface area (Å²) in [7, 11) is 0. The van der Waals surface area contributed by atoms with Gasteiger partial charge >= 0.3 is 0 Å². The van der Waals surface area contributed by atoms with E-state index in [0.29, 0.717) is 6.04 Å². The molecule has 3 rings (SSSR count). The van der Waals surface area contributed by atoms with Crippen molar-refractivity contribution in [1.29, 1.82) is 0 Å². The van der Waals surface area contributed by atoms with Crippen LogP contribution in [0, 0.1) is 0 Å². The summed E-state index contributed by atoms with van der Waals surface area (Å²) < 4.78 is 0. The van der Waals surface area contributed by atoms with Crippen molar-refractivity contribution in [2.75, 3.05) is 6.54 Å². The van der Waals surface area contributed by atoms with E-state index >= 15 is 0 Å². The second-order valence-electron chi connectivity index (χ2n) is 6.77. The zero-order valence-electron chi connectivity index (χ0n) is 13.1. The van der Waals surface area contributed by atoms with Crippen LogP contribution in [0.3, 0.4) is 0 Å². The van der Waals surface area contributed by atoms with Crippen LogP contribution in [0.25, 0.3) is 0 Å². The Morgan fingerprint density at radius 3 is 2.71 bits per heavy atom. The number of carbonyl (C=O) groups excluding carboxylic acids is 1. The van der Waals surface area contributed by atoms with Crippen LogP contribution in [-0.4, -0.2) is 28.9 Å². The van der Waals surface area contributed by atoms with Crippen LogP contribution in [0.1, 0.15) is 57.6 Å². The molecule has 1 aromatic carbocycles. The highest BCUT2D eigenvalue weighted by atomic mass is 16.2. The first-order valence-corrected chi connectivity index (χ1v) is 8.21. The van der Waals surface area contributed by atoms with Crippen molar-refractivity contribution in [3.05, 3.63) is 35.9 Å². The molecule has 0 radical (unpaired) electrons. The highest BCUT2D eigenvalue weighted by molar-refractivity contribution is 5.75. The molecule has 2 aliphatic heterocycles. The van der Waals surface area contributed by atoms with Gasteiger partial charge in [0.15, 0.2) is 0 Å². The van der Waals surface area contributed by atoms with Gasteiger partial charge in [0.25, 0.3) is 0 Å². The fraction of sp³-hybridized carbons (Fsp3) is 0.611. The van der Waals surface area contributed by atoms with Crippen LogP contribution in [0.5, 0.6) is 0 Å². The number of hydrogen-bond acceptors (Lipinski definition) is 2. The molecule has 1 unspecified atom stereocenters. The van der Waals surface area contributed by atoms with Crippen LogP contribution < -0.4 is 5.32 Å². The summed E-state index contributed by atoms with van der Waals surface area (Å²) in [5.74, 6) is 0.208. The van der Waals surface area contributed by atoms with E-state index in [2.05, 4.69) is 41.4 Å². The number of likely N-dealkylation sites (tertiary alicyclic amines) is 1. The fourth-order valence-corrected chi connectivity index (χ4v) is 4.21. The van der Waals surface area contributed by atoms with Gasteiger partial charge in [-0.2, -0.15) is 0 Å². The zero-order chi connectivity index (χ0) is 14.9. The van der Waals surface area contributed by atoms with E-state index in [4.69, 9.17) is 0 Å². The molecule has 0 bridgehead atoms. The first kappa shape index (κ1) is 14.6. The summed E-state index contributed by atoms with van der Waals surface area (Å²) in [6, 6.07) is 11.0. The number of fused-ring (bicyclic) bond motifs is 1. The maximum absolute atomic E-state index is 12.3. The molecule has 2 fully saturated rings. The first-order valence-electron chi connectivity index (χ1n) is 8.21. The van der Waals surface area contributed by atoms with Gasteiger partial charge in [-0.3, -0.25) is 4.79 Å². The van der Waals surface area contributed by atoms with Gasteiger partial charge in [-0.15, -0.1) is 0 Å². The molecule has 21 heavy (non-hydrogen) atoms. The molecular weight excluding hydrogens is 260 g/mol. The molecule has 3 nitrogen and oxygen atoms in total. The number of rotatable bonds is 1. The average Bonchev–Trinajstić information content (AvgIpc) is 2.74. The van der Waals surface area contributed by atoms with Crippen molar-refractivity contribution >= 4 is 5.91 Å². The minimum absolute atomic E-state index is 0.0482. The second-order valence-corrected chi connectivity index (χ2v) is 6.77. The molecule has 2 saturated heterocycles. The van der Waals surface area contributed by atoms with E-state index in [0.717, 1.165) is 19.4 Å². The smallest absolute Gasteiger partial charge is 0.220 e. The molecule has 0 aliphatic carbocycles. The van der Waals surface area contributed by atoms with Gasteiger partial charge in [-0.05, 0) is 38.3 Å². The summed E-state index contributed by atoms with van der Waals surface area (Å²) >= 11 is 0. The van der Waals surface area contributed by atoms with E-state index in [1.807, 2.05) is 6.07 Å². The Labute approximate surface area is 127 Å². The lowest BCUT2D eigenvalue weighted by Crippen LogP contribution is -2.54. The second kappa shape index (κ2) is 5.80. The molecule has 0 spiro atoms. The number of nitrogens with zero attached hydrogens (tertiary/aromatic N) is 1. The Hall–Kier alpha value is -1.35. The van der Waals surface area contributed by atoms with Gasteiger partial charge in [-0.25, -0.2) is 0 Å². The summed E-state index contributed by atoms with van der Waals surface area (Å²) in [6.45, 7) is 5.10. The molecular formula is C18H26N2O. The van der Waals surface area contributed by atoms with Crippen molar-refractivity contribution in [1.82, 2.24) is 10.2 Å². The van der Waals surface area contributed by atoms with Crippen molar-refractivity contribution in [2.45, 2.75) is 63.6 Å². The monoisotopic (exact) mass is 286 g/mol. The van der Waals surface area contributed by atoms with Gasteiger partial charge in [-0.1, -0.05) is 43.2 Å². The molecule has 1 amide bonds. The Kier molecular flexibility index (Phi) is 4.03. The van der Waals surface area contributed by atoms with E-state index in [1.165, 1.54) is 24.8 Å². The van der Waals surface area contributed by atoms with Gasteiger partial charge in [0, 0.05) is 12.5 Å². The molecule has 3 heteroatoms. The van der Waals surface area contributed by atoms with Crippen LogP contribution in [0.4, 0.5) is 0 Å². The Bertz CT molecular complexity index is 501. The number of benzene rings is 1. The Balaban J connectivity index is 1.96. The highest BCUT2D eigenvalue weighted by Crippen LogP contribution is 2.44. The van der Waals surface area contributed by atoms with E-state index in [9.17, 15) is 4.79 Å². The van der Waals surface area contributed by atoms with Crippen molar-refractivity contribution in [2.24, 2.45) is 0 Å². The normalized spacial score (nSPS) is 33.1. The number of carbonyl (C=O) groups is 1. The van der Waals surface area contributed by atoms with Crippen LogP contribution in [0.15, 0.2) is 30.3 Å². The van der Waals surface area contributed by atoms with E-state index in [-0.39, 0.29) is 17.5 Å². The third-order valence-electron chi connectivity index (χ3n) is 5.26. The van der Waals surface area contributed by atoms with Crippen LogP contribution >= 0.6 is 0 Å². The van der Waals surface area contributed by atoms with Crippen LogP contribution in [0.2, 0.25) is 0 Å². The molecule has 2 heterocycles. The minimum Gasteiger partial charge on any atom is -0.331 e. The van der Waals surface area contributed by atoms with Crippen LogP contribution in [-0.2, 0) is 4.79 Å². The van der Waals surface area contributed by atoms with Gasteiger partial charge in [0.1, 0.15) is 0 Å². The third-order valence-corrected chi connectivity index (χ3v) is 5.26. The number of hydrogen-bond donors (Lipinski definition) is 1. The Morgan fingerprint density at radius 2 is 2.00 bits per heavy atom. The van der Waals surface area contributed by atoms with Gasteiger partial charge < -0.3 is 10.2 Å². The first-order chi connectivity index (χ1) is 10.1. The molecule has 0 aromatic heterocycles. The maximum Gasteiger partial charge on any atom is 0.220 e. The lowest BCUT2D eigenvalue weighted by molar-refractivity contribution is -0.132. The highest BCUT2D eigenvalue weighted by Gasteiger charge is 2.50. The van der Waals surface area contributed by atoms with E-state index in [1.54, 1.807) is 6.92 Å². The molecule has 2 aliphatic rings. The maximum atomic E-state index is 12.3. The van der Waals surface area contributed by atoms with Gasteiger partial charge in [0.2, 0.25) is 5.91 Å². The predicted octanol–water partition coefficient (Wildman–Crippen LogP) is 3.27. The van der Waals surface area contributed by atoms with Crippen molar-refractivity contribution in [3.8, 4) is 0 Å². The van der Waals surface area contributed by atoms with Crippen molar-refractivity contribution in [3.63, 3.8) is 0 Å². The van der Waals surface area contributed by atoms with Gasteiger partial charge in [0.05, 0.1) is 12.1 Å². The lowest BCUT2D eigenvalue weighted by atomic mass is 9.85. The minimum atomic E-state index is 0.0482. The molecule has 114 valence electrons. The van der Waals surface area contributed by atoms with E-state index < -0.39 is 0 Å². The third kappa shape index (κ3) is 2.71. The lowest BCUT2D eigenvalue weighted by Gasteiger charge is -2.38. The average molecular weight is 286 g/mol. The molecule has 1 N–H and O–H groups in total. The Morgan fingerprint density at radius 1 is 1.24 bits per heavy atom. The topological polar surface area (TPSA) is 32.3 Å². The molecule has 0 saturated carbocycles. The summed E-state index contributed by atoms with van der Waals surface area (Å²) in [4.78, 5) is 14.5.